The first kappa shape index (κ1) is 24.6. The second-order valence-corrected chi connectivity index (χ2v) is 7.74. The van der Waals surface area contributed by atoms with Crippen molar-refractivity contribution in [1.82, 2.24) is 25.1 Å². The molecule has 9 nitrogen and oxygen atoms in total. The summed E-state index contributed by atoms with van der Waals surface area (Å²) in [6.45, 7) is 10.3. The molecule has 168 valence electrons. The first-order valence-corrected chi connectivity index (χ1v) is 10.7. The Labute approximate surface area is 196 Å². The molecule has 2 saturated heterocycles. The lowest BCUT2D eigenvalue weighted by Gasteiger charge is -2.35. The number of likely N-dealkylation sites (tertiary alicyclic amines) is 1. The second kappa shape index (κ2) is 12.9. The average Bonchev–Trinajstić information content (AvgIpc) is 2.74. The third kappa shape index (κ3) is 7.53. The number of anilines is 1. The molecule has 1 atom stereocenters. The molecule has 2 aliphatic rings. The molecule has 1 amide bonds. The van der Waals surface area contributed by atoms with Crippen molar-refractivity contribution >= 4 is 41.8 Å². The van der Waals surface area contributed by atoms with Gasteiger partial charge in [0.25, 0.3) is 0 Å². The van der Waals surface area contributed by atoms with Gasteiger partial charge in [0.1, 0.15) is 0 Å². The monoisotopic (exact) mass is 530 g/mol. The van der Waals surface area contributed by atoms with Crippen molar-refractivity contribution in [3.05, 3.63) is 18.5 Å². The molecule has 10 heteroatoms. The molecule has 0 radical (unpaired) electrons. The lowest BCUT2D eigenvalue weighted by molar-refractivity contribution is -0.119. The van der Waals surface area contributed by atoms with Gasteiger partial charge in [-0.3, -0.25) is 14.7 Å². The van der Waals surface area contributed by atoms with Gasteiger partial charge in [0.15, 0.2) is 5.96 Å². The Kier molecular flexibility index (Phi) is 10.6. The van der Waals surface area contributed by atoms with Gasteiger partial charge in [-0.05, 0) is 31.7 Å². The van der Waals surface area contributed by atoms with E-state index in [-0.39, 0.29) is 29.9 Å². The summed E-state index contributed by atoms with van der Waals surface area (Å²) in [4.78, 5) is 31.8. The van der Waals surface area contributed by atoms with E-state index in [2.05, 4.69) is 36.9 Å². The highest BCUT2D eigenvalue weighted by Crippen LogP contribution is 2.19. The minimum atomic E-state index is -0.209. The molecule has 2 aliphatic heterocycles. The SMILES string of the molecule is CCNC(=NCCN1CCN(c2ncccn2)CC1)N1CCCC(CC(N)=O)C1.I. The fourth-order valence-corrected chi connectivity index (χ4v) is 4.06. The second-order valence-electron chi connectivity index (χ2n) is 7.74. The van der Waals surface area contributed by atoms with Crippen LogP contribution in [-0.4, -0.2) is 90.5 Å². The van der Waals surface area contributed by atoms with Crippen molar-refractivity contribution in [2.45, 2.75) is 26.2 Å². The van der Waals surface area contributed by atoms with Crippen LogP contribution in [0.5, 0.6) is 0 Å². The van der Waals surface area contributed by atoms with Crippen LogP contribution in [0.1, 0.15) is 26.2 Å². The summed E-state index contributed by atoms with van der Waals surface area (Å²) in [6.07, 6.45) is 6.19. The third-order valence-electron chi connectivity index (χ3n) is 5.53. The number of guanidine groups is 1. The zero-order valence-corrected chi connectivity index (χ0v) is 20.2. The van der Waals surface area contributed by atoms with E-state index in [4.69, 9.17) is 10.7 Å². The highest BCUT2D eigenvalue weighted by Gasteiger charge is 2.24. The average molecular weight is 530 g/mol. The Morgan fingerprint density at radius 2 is 1.97 bits per heavy atom. The van der Waals surface area contributed by atoms with E-state index < -0.39 is 0 Å². The van der Waals surface area contributed by atoms with E-state index in [0.717, 1.165) is 83.7 Å². The van der Waals surface area contributed by atoms with Crippen LogP contribution in [0.3, 0.4) is 0 Å². The number of primary amides is 1. The van der Waals surface area contributed by atoms with E-state index >= 15 is 0 Å². The molecule has 1 unspecified atom stereocenters. The first-order valence-electron chi connectivity index (χ1n) is 10.7. The number of amides is 1. The number of hydrogen-bond acceptors (Lipinski definition) is 6. The molecule has 3 N–H and O–H groups in total. The van der Waals surface area contributed by atoms with E-state index in [0.29, 0.717) is 12.3 Å². The van der Waals surface area contributed by atoms with Gasteiger partial charge in [0.2, 0.25) is 11.9 Å². The van der Waals surface area contributed by atoms with Crippen molar-refractivity contribution < 1.29 is 4.79 Å². The fraction of sp³-hybridized carbons (Fsp3) is 0.700. The molecular weight excluding hydrogens is 495 g/mol. The molecule has 2 fully saturated rings. The van der Waals surface area contributed by atoms with Crippen molar-refractivity contribution in [1.29, 1.82) is 0 Å². The van der Waals surface area contributed by atoms with E-state index in [9.17, 15) is 4.79 Å². The number of hydrogen-bond donors (Lipinski definition) is 2. The highest BCUT2D eigenvalue weighted by molar-refractivity contribution is 14.0. The minimum absolute atomic E-state index is 0. The van der Waals surface area contributed by atoms with Gasteiger partial charge in [-0.15, -0.1) is 24.0 Å². The van der Waals surface area contributed by atoms with Crippen LogP contribution in [0.15, 0.2) is 23.5 Å². The number of rotatable bonds is 7. The predicted octanol–water partition coefficient (Wildman–Crippen LogP) is 0.770. The van der Waals surface area contributed by atoms with Gasteiger partial charge in [-0.1, -0.05) is 0 Å². The zero-order valence-electron chi connectivity index (χ0n) is 17.9. The largest absolute Gasteiger partial charge is 0.370 e. The van der Waals surface area contributed by atoms with Crippen molar-refractivity contribution in [3.8, 4) is 0 Å². The summed E-state index contributed by atoms with van der Waals surface area (Å²) >= 11 is 0. The molecule has 3 heterocycles. The van der Waals surface area contributed by atoms with Crippen LogP contribution < -0.4 is 16.0 Å². The molecule has 3 rings (SSSR count). The van der Waals surface area contributed by atoms with E-state index in [1.807, 2.05) is 6.07 Å². The zero-order chi connectivity index (χ0) is 20.5. The van der Waals surface area contributed by atoms with Crippen molar-refractivity contribution in [3.63, 3.8) is 0 Å². The number of carbonyl (C=O) groups is 1. The summed E-state index contributed by atoms with van der Waals surface area (Å²) in [5.74, 6) is 1.89. The van der Waals surface area contributed by atoms with Crippen LogP contribution >= 0.6 is 24.0 Å². The number of piperidine rings is 1. The maximum absolute atomic E-state index is 11.3. The molecule has 0 bridgehead atoms. The number of carbonyl (C=O) groups excluding carboxylic acids is 1. The van der Waals surface area contributed by atoms with Crippen LogP contribution in [0, 0.1) is 5.92 Å². The minimum Gasteiger partial charge on any atom is -0.370 e. The van der Waals surface area contributed by atoms with Gasteiger partial charge < -0.3 is 20.9 Å². The normalized spacial score (nSPS) is 20.6. The Morgan fingerprint density at radius 1 is 1.23 bits per heavy atom. The lowest BCUT2D eigenvalue weighted by atomic mass is 9.95. The molecule has 0 aromatic carbocycles. The Balaban J connectivity index is 0.00000320. The number of nitrogens with zero attached hydrogens (tertiary/aromatic N) is 6. The number of nitrogens with one attached hydrogen (secondary N) is 1. The highest BCUT2D eigenvalue weighted by atomic mass is 127. The van der Waals surface area contributed by atoms with Gasteiger partial charge in [0, 0.05) is 71.2 Å². The molecule has 1 aromatic heterocycles. The summed E-state index contributed by atoms with van der Waals surface area (Å²) in [5.41, 5.74) is 5.39. The summed E-state index contributed by atoms with van der Waals surface area (Å²) in [6, 6.07) is 1.85. The van der Waals surface area contributed by atoms with Crippen LogP contribution in [0.4, 0.5) is 5.95 Å². The Hall–Kier alpha value is -1.69. The molecule has 0 aliphatic carbocycles. The number of halogens is 1. The van der Waals surface area contributed by atoms with Gasteiger partial charge >= 0.3 is 0 Å². The van der Waals surface area contributed by atoms with Crippen molar-refractivity contribution in [2.24, 2.45) is 16.6 Å². The number of piperazine rings is 1. The summed E-state index contributed by atoms with van der Waals surface area (Å²) in [5, 5.41) is 3.41. The fourth-order valence-electron chi connectivity index (χ4n) is 4.06. The van der Waals surface area contributed by atoms with Gasteiger partial charge in [-0.25, -0.2) is 9.97 Å². The molecule has 0 spiro atoms. The maximum Gasteiger partial charge on any atom is 0.225 e. The quantitative estimate of drug-likeness (QED) is 0.305. The Morgan fingerprint density at radius 3 is 2.63 bits per heavy atom. The first-order chi connectivity index (χ1) is 14.2. The number of aliphatic imine (C=N–C) groups is 1. The smallest absolute Gasteiger partial charge is 0.225 e. The van der Waals surface area contributed by atoms with Crippen molar-refractivity contribution in [2.75, 3.05) is 63.8 Å². The maximum atomic E-state index is 11.3. The standard InChI is InChI=1S/C20H34N8O.HI/c1-2-22-19(28-9-3-5-17(16-28)15-18(21)29)25-8-10-26-11-13-27(14-12-26)20-23-6-4-7-24-20;/h4,6-7,17H,2-3,5,8-16H2,1H3,(H2,21,29)(H,22,25);1H. The van der Waals surface area contributed by atoms with Crippen LogP contribution in [0.2, 0.25) is 0 Å². The topological polar surface area (TPSA) is 103 Å². The third-order valence-corrected chi connectivity index (χ3v) is 5.53. The van der Waals surface area contributed by atoms with Gasteiger partial charge in [-0.2, -0.15) is 0 Å². The van der Waals surface area contributed by atoms with E-state index in [1.165, 1.54) is 0 Å². The molecule has 1 aromatic rings. The number of nitrogens with two attached hydrogens (primary N) is 1. The predicted molar refractivity (Wildman–Crippen MR) is 130 cm³/mol. The number of aromatic nitrogens is 2. The molecular formula is C20H35IN8O. The molecule has 30 heavy (non-hydrogen) atoms. The summed E-state index contributed by atoms with van der Waals surface area (Å²) < 4.78 is 0. The van der Waals surface area contributed by atoms with Gasteiger partial charge in [0.05, 0.1) is 6.54 Å². The van der Waals surface area contributed by atoms with Crippen LogP contribution in [-0.2, 0) is 4.79 Å². The summed E-state index contributed by atoms with van der Waals surface area (Å²) in [7, 11) is 0. The Bertz CT molecular complexity index is 666. The van der Waals surface area contributed by atoms with Crippen LogP contribution in [0.25, 0.3) is 0 Å². The van der Waals surface area contributed by atoms with E-state index in [1.54, 1.807) is 12.4 Å². The lowest BCUT2D eigenvalue weighted by Crippen LogP contribution is -2.49. The molecule has 0 saturated carbocycles.